The Bertz CT molecular complexity index is 727. The molecule has 3 rings (SSSR count). The lowest BCUT2D eigenvalue weighted by Crippen LogP contribution is -2.52. The zero-order valence-corrected chi connectivity index (χ0v) is 17.0. The summed E-state index contributed by atoms with van der Waals surface area (Å²) in [4.78, 5) is 19.7. The molecule has 1 saturated heterocycles. The number of hydrogen-bond donors (Lipinski definition) is 1. The van der Waals surface area contributed by atoms with E-state index in [1.54, 1.807) is 12.1 Å². The van der Waals surface area contributed by atoms with Crippen LogP contribution in [0.1, 0.15) is 27.3 Å². The molecule has 1 fully saturated rings. The first-order valence-electron chi connectivity index (χ1n) is 7.91. The Morgan fingerprint density at radius 2 is 2.08 bits per heavy atom. The molecule has 1 N–H and O–H groups in total. The minimum Gasteiger partial charge on any atom is -0.486 e. The van der Waals surface area contributed by atoms with Gasteiger partial charge in [-0.2, -0.15) is 0 Å². The summed E-state index contributed by atoms with van der Waals surface area (Å²) in [7, 11) is 0. The third kappa shape index (κ3) is 5.30. The average Bonchev–Trinajstić information content (AvgIpc) is 2.95. The molecular formula is C17H22Cl2FN3O2S. The number of thiazole rings is 1. The molecule has 1 aliphatic rings. The maximum absolute atomic E-state index is 12.9. The van der Waals surface area contributed by atoms with Crippen molar-refractivity contribution in [1.29, 1.82) is 0 Å². The van der Waals surface area contributed by atoms with Crippen molar-refractivity contribution in [2.75, 3.05) is 19.6 Å². The molecular weight excluding hydrogens is 400 g/mol. The monoisotopic (exact) mass is 421 g/mol. The van der Waals surface area contributed by atoms with Crippen LogP contribution >= 0.6 is 36.2 Å². The highest BCUT2D eigenvalue weighted by molar-refractivity contribution is 7.13. The van der Waals surface area contributed by atoms with Gasteiger partial charge in [-0.15, -0.1) is 36.2 Å². The molecule has 1 aromatic carbocycles. The Morgan fingerprint density at radius 3 is 2.73 bits per heavy atom. The predicted octanol–water partition coefficient (Wildman–Crippen LogP) is 3.45. The first-order valence-corrected chi connectivity index (χ1v) is 8.72. The number of hydrogen-bond acceptors (Lipinski definition) is 5. The van der Waals surface area contributed by atoms with E-state index in [1.165, 1.54) is 23.5 Å². The van der Waals surface area contributed by atoms with Gasteiger partial charge in [-0.3, -0.25) is 4.79 Å². The molecule has 0 aliphatic carbocycles. The number of nitrogens with one attached hydrogen (secondary N) is 1. The van der Waals surface area contributed by atoms with Crippen LogP contribution in [-0.2, 0) is 6.61 Å². The predicted molar refractivity (Wildman–Crippen MR) is 105 cm³/mol. The molecule has 1 amide bonds. The van der Waals surface area contributed by atoms with Crippen LogP contribution in [0.5, 0.6) is 5.75 Å². The average molecular weight is 422 g/mol. The van der Waals surface area contributed by atoms with E-state index in [1.807, 2.05) is 18.7 Å². The van der Waals surface area contributed by atoms with Crippen LogP contribution in [0.2, 0.25) is 0 Å². The van der Waals surface area contributed by atoms with Gasteiger partial charge in [-0.1, -0.05) is 0 Å². The molecule has 1 aliphatic heterocycles. The molecule has 1 atom stereocenters. The molecule has 1 unspecified atom stereocenters. The second-order valence-electron chi connectivity index (χ2n) is 5.82. The van der Waals surface area contributed by atoms with Gasteiger partial charge in [0.25, 0.3) is 5.91 Å². The zero-order chi connectivity index (χ0) is 17.1. The smallest absolute Gasteiger partial charge is 0.266 e. The van der Waals surface area contributed by atoms with Gasteiger partial charge < -0.3 is 15.0 Å². The van der Waals surface area contributed by atoms with E-state index in [0.29, 0.717) is 17.2 Å². The number of aromatic nitrogens is 1. The fourth-order valence-corrected chi connectivity index (χ4v) is 3.60. The van der Waals surface area contributed by atoms with Crippen LogP contribution in [0.4, 0.5) is 4.39 Å². The summed E-state index contributed by atoms with van der Waals surface area (Å²) < 4.78 is 18.5. The molecule has 0 radical (unpaired) electrons. The number of nitrogens with zero attached hydrogens (tertiary/aromatic N) is 2. The largest absolute Gasteiger partial charge is 0.486 e. The lowest BCUT2D eigenvalue weighted by Gasteiger charge is -2.33. The fourth-order valence-electron chi connectivity index (χ4n) is 2.66. The molecule has 0 saturated carbocycles. The van der Waals surface area contributed by atoms with Crippen LogP contribution in [0.15, 0.2) is 24.3 Å². The number of ether oxygens (including phenoxy) is 1. The Balaban J connectivity index is 0.00000169. The molecule has 144 valence electrons. The standard InChI is InChI=1S/C17H20FN3O2S.2ClH/c1-11-9-19-7-8-21(11)17(22)16-12(2)20-15(24-16)10-23-14-5-3-13(18)4-6-14;;/h3-6,11,19H,7-10H2,1-2H3;2*1H. The topological polar surface area (TPSA) is 54.5 Å². The van der Waals surface area contributed by atoms with Crippen LogP contribution in [0, 0.1) is 12.7 Å². The number of amides is 1. The van der Waals surface area contributed by atoms with Gasteiger partial charge in [-0.05, 0) is 38.1 Å². The maximum Gasteiger partial charge on any atom is 0.266 e. The van der Waals surface area contributed by atoms with Crippen LogP contribution in [0.3, 0.4) is 0 Å². The number of halogens is 3. The van der Waals surface area contributed by atoms with Gasteiger partial charge >= 0.3 is 0 Å². The Labute approximate surface area is 168 Å². The fraction of sp³-hybridized carbons (Fsp3) is 0.412. The molecule has 0 spiro atoms. The van der Waals surface area contributed by atoms with Crippen molar-refractivity contribution in [2.24, 2.45) is 0 Å². The minimum atomic E-state index is -0.300. The van der Waals surface area contributed by atoms with Crippen molar-refractivity contribution < 1.29 is 13.9 Å². The summed E-state index contributed by atoms with van der Waals surface area (Å²) in [6.07, 6.45) is 0. The van der Waals surface area contributed by atoms with E-state index in [-0.39, 0.29) is 49.2 Å². The molecule has 26 heavy (non-hydrogen) atoms. The molecule has 2 heterocycles. The zero-order valence-electron chi connectivity index (χ0n) is 14.5. The number of benzene rings is 1. The van der Waals surface area contributed by atoms with Gasteiger partial charge in [0.15, 0.2) is 0 Å². The highest BCUT2D eigenvalue weighted by atomic mass is 35.5. The summed E-state index contributed by atoms with van der Waals surface area (Å²) in [6.45, 7) is 6.48. The van der Waals surface area contributed by atoms with Crippen molar-refractivity contribution in [3.63, 3.8) is 0 Å². The highest BCUT2D eigenvalue weighted by Gasteiger charge is 2.27. The molecule has 2 aromatic rings. The Morgan fingerprint density at radius 1 is 1.38 bits per heavy atom. The summed E-state index contributed by atoms with van der Waals surface area (Å²) in [5.74, 6) is 0.311. The normalized spacial score (nSPS) is 16.4. The van der Waals surface area contributed by atoms with Crippen molar-refractivity contribution in [1.82, 2.24) is 15.2 Å². The number of piperazine rings is 1. The van der Waals surface area contributed by atoms with E-state index < -0.39 is 0 Å². The van der Waals surface area contributed by atoms with Crippen LogP contribution in [0.25, 0.3) is 0 Å². The third-order valence-corrected chi connectivity index (χ3v) is 5.09. The lowest BCUT2D eigenvalue weighted by atomic mass is 10.2. The van der Waals surface area contributed by atoms with Gasteiger partial charge in [0, 0.05) is 25.7 Å². The first-order chi connectivity index (χ1) is 11.5. The number of carbonyl (C=O) groups is 1. The maximum atomic E-state index is 12.9. The Hall–Kier alpha value is -1.41. The quantitative estimate of drug-likeness (QED) is 0.820. The summed E-state index contributed by atoms with van der Waals surface area (Å²) in [6, 6.07) is 6.02. The van der Waals surface area contributed by atoms with Gasteiger partial charge in [0.1, 0.15) is 28.1 Å². The minimum absolute atomic E-state index is 0. The van der Waals surface area contributed by atoms with Crippen molar-refractivity contribution >= 4 is 42.1 Å². The lowest BCUT2D eigenvalue weighted by molar-refractivity contribution is 0.0660. The van der Waals surface area contributed by atoms with Gasteiger partial charge in [0.2, 0.25) is 0 Å². The van der Waals surface area contributed by atoms with Crippen LogP contribution in [-0.4, -0.2) is 41.5 Å². The summed E-state index contributed by atoms with van der Waals surface area (Å²) in [5, 5.41) is 4.02. The highest BCUT2D eigenvalue weighted by Crippen LogP contribution is 2.23. The Kier molecular flexibility index (Phi) is 8.76. The van der Waals surface area contributed by atoms with E-state index >= 15 is 0 Å². The van der Waals surface area contributed by atoms with Crippen molar-refractivity contribution in [3.05, 3.63) is 45.7 Å². The van der Waals surface area contributed by atoms with Crippen molar-refractivity contribution in [3.8, 4) is 5.75 Å². The van der Waals surface area contributed by atoms with Gasteiger partial charge in [0.05, 0.1) is 5.69 Å². The third-order valence-electron chi connectivity index (χ3n) is 3.97. The molecule has 0 bridgehead atoms. The summed E-state index contributed by atoms with van der Waals surface area (Å²) >= 11 is 1.36. The SMILES string of the molecule is Cc1nc(COc2ccc(F)cc2)sc1C(=O)N1CCNCC1C.Cl.Cl. The summed E-state index contributed by atoms with van der Waals surface area (Å²) in [5.41, 5.74) is 0.730. The van der Waals surface area contributed by atoms with Crippen molar-refractivity contribution in [2.45, 2.75) is 26.5 Å². The second-order valence-corrected chi connectivity index (χ2v) is 6.90. The number of carbonyl (C=O) groups excluding carboxylic acids is 1. The van der Waals surface area contributed by atoms with E-state index in [0.717, 1.165) is 23.8 Å². The second kappa shape index (κ2) is 10.1. The van der Waals surface area contributed by atoms with E-state index in [4.69, 9.17) is 4.74 Å². The first kappa shape index (κ1) is 22.6. The van der Waals surface area contributed by atoms with Crippen LogP contribution < -0.4 is 10.1 Å². The van der Waals surface area contributed by atoms with Gasteiger partial charge in [-0.25, -0.2) is 9.37 Å². The number of rotatable bonds is 4. The number of aryl methyl sites for hydroxylation is 1. The van der Waals surface area contributed by atoms with E-state index in [2.05, 4.69) is 10.3 Å². The van der Waals surface area contributed by atoms with E-state index in [9.17, 15) is 9.18 Å². The molecule has 1 aromatic heterocycles. The molecule has 9 heteroatoms. The molecule has 5 nitrogen and oxygen atoms in total.